The maximum absolute atomic E-state index is 14.0. The second kappa shape index (κ2) is 8.34. The molecule has 1 heterocycles. The summed E-state index contributed by atoms with van der Waals surface area (Å²) >= 11 is 0. The van der Waals surface area contributed by atoms with Gasteiger partial charge in [0.05, 0.1) is 17.1 Å². The third-order valence-corrected chi connectivity index (χ3v) is 8.54. The third kappa shape index (κ3) is 2.88. The van der Waals surface area contributed by atoms with Gasteiger partial charge in [-0.2, -0.15) is 5.26 Å². The lowest BCUT2D eigenvalue weighted by Crippen LogP contribution is -2.62. The highest BCUT2D eigenvalue weighted by molar-refractivity contribution is 6.11. The molecular formula is C31H29N3O2. The predicted molar refractivity (Wildman–Crippen MR) is 138 cm³/mol. The van der Waals surface area contributed by atoms with Crippen molar-refractivity contribution in [2.75, 3.05) is 0 Å². The van der Waals surface area contributed by atoms with Gasteiger partial charge in [0.15, 0.2) is 0 Å². The zero-order valence-electron chi connectivity index (χ0n) is 20.4. The molecule has 3 amide bonds. The highest BCUT2D eigenvalue weighted by Gasteiger charge is 2.66. The first-order valence-electron chi connectivity index (χ1n) is 12.8. The summed E-state index contributed by atoms with van der Waals surface area (Å²) in [5.41, 5.74) is 1.93. The molecule has 1 saturated carbocycles. The number of hydrogen-bond acceptors (Lipinski definition) is 3. The number of allylic oxidation sites excluding steroid dienone is 2. The van der Waals surface area contributed by atoms with E-state index in [2.05, 4.69) is 41.7 Å². The van der Waals surface area contributed by atoms with Crippen molar-refractivity contribution >= 4 is 11.9 Å². The number of amides is 3. The van der Waals surface area contributed by atoms with E-state index >= 15 is 0 Å². The molecule has 5 heteroatoms. The number of nitrogens with zero attached hydrogens (tertiary/aromatic N) is 2. The van der Waals surface area contributed by atoms with Gasteiger partial charge in [-0.1, -0.05) is 98.2 Å². The Balaban J connectivity index is 1.59. The molecule has 2 aromatic rings. The van der Waals surface area contributed by atoms with Crippen LogP contribution in [0.5, 0.6) is 0 Å². The fourth-order valence-electron chi connectivity index (χ4n) is 7.08. The molecule has 0 aromatic heterocycles. The van der Waals surface area contributed by atoms with E-state index in [9.17, 15) is 14.9 Å². The Labute approximate surface area is 211 Å². The van der Waals surface area contributed by atoms with Crippen molar-refractivity contribution in [2.24, 2.45) is 5.92 Å². The van der Waals surface area contributed by atoms with E-state index in [0.717, 1.165) is 42.4 Å². The van der Waals surface area contributed by atoms with Gasteiger partial charge in [-0.25, -0.2) is 9.69 Å². The molecule has 2 bridgehead atoms. The van der Waals surface area contributed by atoms with Crippen LogP contribution in [0.15, 0.2) is 95.6 Å². The van der Waals surface area contributed by atoms with Crippen molar-refractivity contribution in [1.82, 2.24) is 10.2 Å². The van der Waals surface area contributed by atoms with Gasteiger partial charge in [0.1, 0.15) is 5.54 Å². The standard InChI is InChI=1S/C31H29N3O2/c1-21-27-30(34(28(21)35)29(36)33-26-15-9-4-10-16-26)18-17-24(19-25(30)20-32)31(27,22-11-5-2-6-12-22)23-13-7-3-8-14-23/h2-3,5-8,11-14,17-19,24,26H,4,9-10,15-16H2,1H3,(H,33,36). The second-order valence-electron chi connectivity index (χ2n) is 10.3. The van der Waals surface area contributed by atoms with Gasteiger partial charge < -0.3 is 5.32 Å². The van der Waals surface area contributed by atoms with E-state index in [0.29, 0.717) is 11.1 Å². The maximum Gasteiger partial charge on any atom is 0.325 e. The largest absolute Gasteiger partial charge is 0.335 e. The summed E-state index contributed by atoms with van der Waals surface area (Å²) in [4.78, 5) is 29.2. The Hall–Kier alpha value is -3.91. The Morgan fingerprint density at radius 2 is 1.61 bits per heavy atom. The third-order valence-electron chi connectivity index (χ3n) is 8.54. The van der Waals surface area contributed by atoms with Crippen molar-refractivity contribution in [3.63, 3.8) is 0 Å². The second-order valence-corrected chi connectivity index (χ2v) is 10.3. The number of imide groups is 1. The van der Waals surface area contributed by atoms with Crippen molar-refractivity contribution in [3.05, 3.63) is 107 Å². The van der Waals surface area contributed by atoms with Gasteiger partial charge in [-0.05, 0) is 36.5 Å². The lowest BCUT2D eigenvalue weighted by Gasteiger charge is -2.55. The first-order chi connectivity index (χ1) is 17.5. The van der Waals surface area contributed by atoms with Gasteiger partial charge in [-0.15, -0.1) is 0 Å². The Bertz CT molecular complexity index is 1320. The molecule has 2 aromatic carbocycles. The van der Waals surface area contributed by atoms with E-state index in [1.54, 1.807) is 0 Å². The molecule has 2 unspecified atom stereocenters. The summed E-state index contributed by atoms with van der Waals surface area (Å²) in [6, 6.07) is 22.4. The molecule has 4 aliphatic carbocycles. The highest BCUT2D eigenvalue weighted by Crippen LogP contribution is 2.63. The zero-order chi connectivity index (χ0) is 24.9. The molecule has 1 fully saturated rings. The van der Waals surface area contributed by atoms with Crippen LogP contribution in [0.2, 0.25) is 0 Å². The molecule has 1 spiro atoms. The lowest BCUT2D eigenvalue weighted by atomic mass is 9.49. The van der Waals surface area contributed by atoms with Gasteiger partial charge in [0.25, 0.3) is 5.91 Å². The summed E-state index contributed by atoms with van der Waals surface area (Å²) in [6.07, 6.45) is 11.1. The minimum atomic E-state index is -1.24. The Kier molecular flexibility index (Phi) is 5.22. The lowest BCUT2D eigenvalue weighted by molar-refractivity contribution is -0.124. The molecule has 1 aliphatic heterocycles. The summed E-state index contributed by atoms with van der Waals surface area (Å²) in [7, 11) is 0. The molecule has 2 atom stereocenters. The number of urea groups is 1. The van der Waals surface area contributed by atoms with Gasteiger partial charge >= 0.3 is 6.03 Å². The van der Waals surface area contributed by atoms with Crippen molar-refractivity contribution < 1.29 is 9.59 Å². The maximum atomic E-state index is 14.0. The highest BCUT2D eigenvalue weighted by atomic mass is 16.2. The van der Waals surface area contributed by atoms with Gasteiger partial charge in [0, 0.05) is 17.5 Å². The molecule has 1 N–H and O–H groups in total. The van der Waals surface area contributed by atoms with Crippen molar-refractivity contribution in [3.8, 4) is 6.07 Å². The number of nitriles is 1. The van der Waals surface area contributed by atoms with Crippen LogP contribution < -0.4 is 5.32 Å². The number of benzene rings is 2. The fraction of sp³-hybridized carbons (Fsp3) is 0.323. The molecule has 36 heavy (non-hydrogen) atoms. The average Bonchev–Trinajstić information content (AvgIpc) is 3.16. The van der Waals surface area contributed by atoms with Crippen LogP contribution in [0.4, 0.5) is 4.79 Å². The monoisotopic (exact) mass is 475 g/mol. The van der Waals surface area contributed by atoms with Gasteiger partial charge in [0.2, 0.25) is 0 Å². The smallest absolute Gasteiger partial charge is 0.325 e. The summed E-state index contributed by atoms with van der Waals surface area (Å²) in [5.74, 6) is -0.499. The van der Waals surface area contributed by atoms with Crippen molar-refractivity contribution in [1.29, 1.82) is 5.26 Å². The first kappa shape index (κ1) is 22.5. The van der Waals surface area contributed by atoms with Crippen LogP contribution in [0.1, 0.15) is 50.2 Å². The Morgan fingerprint density at radius 1 is 1.00 bits per heavy atom. The number of carbonyl (C=O) groups excluding carboxylic acids is 2. The van der Waals surface area contributed by atoms with Crippen LogP contribution in [0.25, 0.3) is 0 Å². The van der Waals surface area contributed by atoms with Crippen LogP contribution in [0.3, 0.4) is 0 Å². The summed E-state index contributed by atoms with van der Waals surface area (Å²) in [6.45, 7) is 1.82. The average molecular weight is 476 g/mol. The quantitative estimate of drug-likeness (QED) is 0.591. The number of carbonyl (C=O) groups is 2. The predicted octanol–water partition coefficient (Wildman–Crippen LogP) is 5.56. The van der Waals surface area contributed by atoms with E-state index in [1.165, 1.54) is 11.3 Å². The van der Waals surface area contributed by atoms with E-state index < -0.39 is 17.0 Å². The molecule has 180 valence electrons. The number of rotatable bonds is 3. The normalized spacial score (nSPS) is 26.4. The zero-order valence-corrected chi connectivity index (χ0v) is 20.4. The topological polar surface area (TPSA) is 73.2 Å². The van der Waals surface area contributed by atoms with Crippen molar-refractivity contribution in [2.45, 2.75) is 56.0 Å². The SMILES string of the molecule is CC1=C2C(c3ccccc3)(c3ccccc3)C3C=CC2(C(C#N)=C3)N(C(=O)NC2CCCCC2)C1=O. The fourth-order valence-corrected chi connectivity index (χ4v) is 7.08. The van der Waals surface area contributed by atoms with E-state index in [1.807, 2.05) is 55.5 Å². The van der Waals surface area contributed by atoms with Gasteiger partial charge in [-0.3, -0.25) is 4.79 Å². The summed E-state index contributed by atoms with van der Waals surface area (Å²) in [5, 5.41) is 13.5. The van der Waals surface area contributed by atoms with E-state index in [-0.39, 0.29) is 17.9 Å². The number of nitrogens with one attached hydrogen (secondary N) is 1. The van der Waals surface area contributed by atoms with E-state index in [4.69, 9.17) is 0 Å². The molecule has 0 radical (unpaired) electrons. The summed E-state index contributed by atoms with van der Waals surface area (Å²) < 4.78 is 0. The van der Waals surface area contributed by atoms with Crippen LogP contribution in [-0.4, -0.2) is 28.4 Å². The minimum absolute atomic E-state index is 0.0474. The Morgan fingerprint density at radius 3 is 2.19 bits per heavy atom. The first-order valence-corrected chi connectivity index (χ1v) is 12.8. The van der Waals surface area contributed by atoms with Crippen LogP contribution in [0, 0.1) is 17.2 Å². The molecule has 5 nitrogen and oxygen atoms in total. The van der Waals surface area contributed by atoms with Crippen LogP contribution in [-0.2, 0) is 10.2 Å². The number of hydrogen-bond donors (Lipinski definition) is 1. The molecule has 0 saturated heterocycles. The van der Waals surface area contributed by atoms with Crippen LogP contribution >= 0.6 is 0 Å². The minimum Gasteiger partial charge on any atom is -0.335 e. The molecule has 7 rings (SSSR count). The molecular weight excluding hydrogens is 446 g/mol. The molecule has 5 aliphatic rings.